The van der Waals surface area contributed by atoms with E-state index in [1.54, 1.807) is 25.3 Å². The summed E-state index contributed by atoms with van der Waals surface area (Å²) < 4.78 is 0. The zero-order valence-corrected chi connectivity index (χ0v) is 13.4. The maximum atomic E-state index is 10.8. The molecule has 2 rings (SSSR count). The van der Waals surface area contributed by atoms with Crippen LogP contribution < -0.4 is 5.32 Å². The molecular formula is C16H18ClN3O2. The molecule has 22 heavy (non-hydrogen) atoms. The normalized spacial score (nSPS) is 18.0. The molecule has 116 valence electrons. The van der Waals surface area contributed by atoms with Gasteiger partial charge in [0.25, 0.3) is 5.69 Å². The summed E-state index contributed by atoms with van der Waals surface area (Å²) in [6.45, 7) is 5.56. The van der Waals surface area contributed by atoms with Crippen molar-refractivity contribution in [2.75, 3.05) is 7.05 Å². The Hall–Kier alpha value is -2.14. The Bertz CT molecular complexity index is 680. The number of hydrogen-bond donors (Lipinski definition) is 1. The molecule has 0 heterocycles. The van der Waals surface area contributed by atoms with E-state index in [1.165, 1.54) is 0 Å². The molecule has 0 spiro atoms. The summed E-state index contributed by atoms with van der Waals surface area (Å²) in [5.41, 5.74) is 3.20. The van der Waals surface area contributed by atoms with Crippen molar-refractivity contribution in [2.24, 2.45) is 4.99 Å². The first-order valence-corrected chi connectivity index (χ1v) is 7.31. The highest BCUT2D eigenvalue weighted by Crippen LogP contribution is 2.26. The highest BCUT2D eigenvalue weighted by atomic mass is 35.5. The molecule has 0 saturated heterocycles. The van der Waals surface area contributed by atoms with Crippen molar-refractivity contribution >= 4 is 23.1 Å². The average molecular weight is 320 g/mol. The number of nitrogens with one attached hydrogen (secondary N) is 1. The van der Waals surface area contributed by atoms with Gasteiger partial charge in [-0.1, -0.05) is 24.2 Å². The quantitative estimate of drug-likeness (QED) is 0.304. The minimum absolute atomic E-state index is 0.137. The maximum Gasteiger partial charge on any atom is 0.269 e. The van der Waals surface area contributed by atoms with Crippen molar-refractivity contribution in [2.45, 2.75) is 25.8 Å². The fourth-order valence-electron chi connectivity index (χ4n) is 2.67. The lowest BCUT2D eigenvalue weighted by molar-refractivity contribution is -0.384. The van der Waals surface area contributed by atoms with Gasteiger partial charge in [0, 0.05) is 30.3 Å². The maximum absolute atomic E-state index is 10.8. The van der Waals surface area contributed by atoms with E-state index >= 15 is 0 Å². The van der Waals surface area contributed by atoms with Gasteiger partial charge in [0.2, 0.25) is 0 Å². The summed E-state index contributed by atoms with van der Waals surface area (Å²) in [6, 6.07) is 5.21. The molecule has 1 aliphatic carbocycles. The third-order valence-electron chi connectivity index (χ3n) is 3.64. The highest BCUT2D eigenvalue weighted by Gasteiger charge is 2.24. The number of nitrogens with zero attached hydrogens (tertiary/aromatic N) is 2. The van der Waals surface area contributed by atoms with Gasteiger partial charge in [0.05, 0.1) is 4.92 Å². The van der Waals surface area contributed by atoms with Crippen LogP contribution in [0.25, 0.3) is 0 Å². The Labute approximate surface area is 134 Å². The van der Waals surface area contributed by atoms with Gasteiger partial charge in [0.15, 0.2) is 0 Å². The Morgan fingerprint density at radius 3 is 2.77 bits per heavy atom. The molecule has 1 unspecified atom stereocenters. The van der Waals surface area contributed by atoms with Gasteiger partial charge in [-0.25, -0.2) is 0 Å². The molecule has 1 aromatic rings. The van der Waals surface area contributed by atoms with E-state index < -0.39 is 0 Å². The molecule has 5 nitrogen and oxygen atoms in total. The topological polar surface area (TPSA) is 67.5 Å². The van der Waals surface area contributed by atoms with Gasteiger partial charge in [-0.2, -0.15) is 0 Å². The monoisotopic (exact) mass is 319 g/mol. The predicted octanol–water partition coefficient (Wildman–Crippen LogP) is 3.38. The van der Waals surface area contributed by atoms with E-state index in [4.69, 9.17) is 11.6 Å². The third kappa shape index (κ3) is 3.74. The van der Waals surface area contributed by atoms with Crippen molar-refractivity contribution in [1.82, 2.24) is 5.32 Å². The largest absolute Gasteiger partial charge is 0.367 e. The number of nitro groups is 1. The number of nitro benzene ring substituents is 1. The Balaban J connectivity index is 2.11. The summed E-state index contributed by atoms with van der Waals surface area (Å²) in [7, 11) is 1.71. The summed E-state index contributed by atoms with van der Waals surface area (Å²) in [4.78, 5) is 14.7. The lowest BCUT2D eigenvalue weighted by Crippen LogP contribution is -2.36. The first-order chi connectivity index (χ1) is 10.4. The van der Waals surface area contributed by atoms with Crippen LogP contribution in [-0.4, -0.2) is 23.8 Å². The van der Waals surface area contributed by atoms with Crippen LogP contribution in [-0.2, 0) is 12.8 Å². The molecule has 0 aromatic heterocycles. The number of benzene rings is 1. The summed E-state index contributed by atoms with van der Waals surface area (Å²) >= 11 is 5.79. The average Bonchev–Trinajstić information content (AvgIpc) is 2.85. The number of rotatable bonds is 4. The van der Waals surface area contributed by atoms with E-state index in [0.717, 1.165) is 35.4 Å². The van der Waals surface area contributed by atoms with Crippen LogP contribution in [0.1, 0.15) is 18.1 Å². The second kappa shape index (κ2) is 6.75. The molecular weight excluding hydrogens is 302 g/mol. The molecule has 0 bridgehead atoms. The van der Waals surface area contributed by atoms with E-state index in [1.807, 2.05) is 13.0 Å². The van der Waals surface area contributed by atoms with Crippen LogP contribution in [0.4, 0.5) is 5.69 Å². The molecule has 0 aliphatic heterocycles. The summed E-state index contributed by atoms with van der Waals surface area (Å²) in [6.07, 6.45) is 3.32. The van der Waals surface area contributed by atoms with Crippen LogP contribution in [0, 0.1) is 10.1 Å². The minimum atomic E-state index is -0.362. The van der Waals surface area contributed by atoms with E-state index in [0.29, 0.717) is 5.03 Å². The summed E-state index contributed by atoms with van der Waals surface area (Å²) in [5.74, 6) is 0.758. The van der Waals surface area contributed by atoms with E-state index in [9.17, 15) is 10.1 Å². The van der Waals surface area contributed by atoms with Crippen molar-refractivity contribution in [3.8, 4) is 0 Å². The number of amidine groups is 1. The molecule has 0 saturated carbocycles. The number of allylic oxidation sites excluding steroid dienone is 2. The number of non-ortho nitro benzene ring substituents is 1. The molecule has 0 radical (unpaired) electrons. The molecule has 0 amide bonds. The van der Waals surface area contributed by atoms with Gasteiger partial charge in [0.1, 0.15) is 5.84 Å². The zero-order chi connectivity index (χ0) is 16.3. The third-order valence-corrected chi connectivity index (χ3v) is 3.75. The van der Waals surface area contributed by atoms with E-state index in [-0.39, 0.29) is 16.7 Å². The second-order valence-electron chi connectivity index (χ2n) is 5.31. The molecule has 1 aliphatic rings. The van der Waals surface area contributed by atoms with Crippen molar-refractivity contribution in [3.05, 3.63) is 62.7 Å². The Morgan fingerprint density at radius 1 is 1.50 bits per heavy atom. The van der Waals surface area contributed by atoms with Gasteiger partial charge < -0.3 is 5.32 Å². The van der Waals surface area contributed by atoms with Crippen LogP contribution in [0.3, 0.4) is 0 Å². The van der Waals surface area contributed by atoms with Crippen LogP contribution in [0.15, 0.2) is 46.5 Å². The van der Waals surface area contributed by atoms with Crippen LogP contribution in [0.2, 0.25) is 0 Å². The molecule has 1 aromatic carbocycles. The molecule has 1 atom stereocenters. The highest BCUT2D eigenvalue weighted by molar-refractivity contribution is 6.31. The van der Waals surface area contributed by atoms with Crippen molar-refractivity contribution in [3.63, 3.8) is 0 Å². The van der Waals surface area contributed by atoms with Crippen LogP contribution in [0.5, 0.6) is 0 Å². The predicted molar refractivity (Wildman–Crippen MR) is 89.5 cm³/mol. The number of hydrogen-bond acceptors (Lipinski definition) is 3. The lowest BCUT2D eigenvalue weighted by atomic mass is 10.1. The number of aliphatic imine (C=N–C) groups is 1. The van der Waals surface area contributed by atoms with Gasteiger partial charge in [-0.15, -0.1) is 0 Å². The van der Waals surface area contributed by atoms with Gasteiger partial charge in [-0.05, 0) is 42.5 Å². The van der Waals surface area contributed by atoms with E-state index in [2.05, 4.69) is 16.9 Å². The smallest absolute Gasteiger partial charge is 0.269 e. The summed E-state index contributed by atoms with van der Waals surface area (Å²) in [5, 5.41) is 14.7. The van der Waals surface area contributed by atoms with Gasteiger partial charge in [-0.3, -0.25) is 15.1 Å². The number of fused-ring (bicyclic) bond motifs is 1. The Morgan fingerprint density at radius 2 is 2.18 bits per heavy atom. The molecule has 0 fully saturated rings. The first kappa shape index (κ1) is 16.2. The fourth-order valence-corrected chi connectivity index (χ4v) is 2.84. The Kier molecular flexibility index (Phi) is 4.98. The van der Waals surface area contributed by atoms with Crippen molar-refractivity contribution in [1.29, 1.82) is 0 Å². The first-order valence-electron chi connectivity index (χ1n) is 6.93. The zero-order valence-electron chi connectivity index (χ0n) is 12.6. The SMILES string of the molecule is C=C(Cl)/C=C(C)/C(=N\C)NC1Cc2ccc([N+](=O)[O-])cc2C1. The standard InChI is InChI=1S/C16H18ClN3O2/c1-10(6-11(2)17)16(18-3)19-14-7-12-4-5-15(20(21)22)9-13(12)8-14/h4-6,9,14H,2,7-8H2,1,3H3,(H,18,19)/b10-6+. The molecule has 6 heteroatoms. The second-order valence-corrected chi connectivity index (χ2v) is 5.79. The minimum Gasteiger partial charge on any atom is -0.367 e. The fraction of sp³-hybridized carbons (Fsp3) is 0.312. The molecule has 1 N–H and O–H groups in total. The van der Waals surface area contributed by atoms with Gasteiger partial charge >= 0.3 is 0 Å². The number of halogens is 1. The lowest BCUT2D eigenvalue weighted by Gasteiger charge is -2.16. The van der Waals surface area contributed by atoms with Crippen LogP contribution >= 0.6 is 11.6 Å². The van der Waals surface area contributed by atoms with Crippen molar-refractivity contribution < 1.29 is 4.92 Å².